The molecule has 1 aromatic carbocycles. The van der Waals surface area contributed by atoms with Crippen LogP contribution in [0.1, 0.15) is 18.1 Å². The molecule has 5 nitrogen and oxygen atoms in total. The van der Waals surface area contributed by atoms with E-state index in [1.807, 2.05) is 0 Å². The third-order valence-corrected chi connectivity index (χ3v) is 2.11. The van der Waals surface area contributed by atoms with Gasteiger partial charge in [0, 0.05) is 0 Å². The predicted octanol–water partition coefficient (Wildman–Crippen LogP) is 1.63. The molecule has 0 unspecified atom stereocenters. The highest BCUT2D eigenvalue weighted by Gasteiger charge is 2.29. The van der Waals surface area contributed by atoms with Gasteiger partial charge in [0.25, 0.3) is 0 Å². The van der Waals surface area contributed by atoms with Crippen LogP contribution in [0.3, 0.4) is 0 Å². The Morgan fingerprint density at radius 2 is 1.74 bits per heavy atom. The molecule has 9 heteroatoms. The molecule has 1 rings (SSSR count). The van der Waals surface area contributed by atoms with Gasteiger partial charge in [0.05, 0.1) is 11.3 Å². The van der Waals surface area contributed by atoms with E-state index in [4.69, 9.17) is 11.6 Å². The zero-order valence-corrected chi connectivity index (χ0v) is 10.7. The molecule has 0 fully saturated rings. The monoisotopic (exact) mass is 295 g/mol. The van der Waals surface area contributed by atoms with Crippen molar-refractivity contribution in [1.82, 2.24) is 5.43 Å². The summed E-state index contributed by atoms with van der Waals surface area (Å²) in [7, 11) is 0. The summed E-state index contributed by atoms with van der Waals surface area (Å²) < 4.78 is 37.0. The molecule has 0 saturated heterocycles. The minimum atomic E-state index is -4.35. The van der Waals surface area contributed by atoms with Crippen LogP contribution < -0.4 is 17.0 Å². The van der Waals surface area contributed by atoms with Gasteiger partial charge in [0.15, 0.2) is 0 Å². The number of nitrogens with two attached hydrogens (primary N) is 2. The number of benzene rings is 1. The van der Waals surface area contributed by atoms with Crippen molar-refractivity contribution in [2.75, 3.05) is 0 Å². The standard InChI is InChI=1S/C10H12F3N5.ClH/c1-6(17-18-9(14)16-15)7-2-4-8(5-3-7)10(11,12)13;/h2-5H,15H2,1H3,(H3,14,16,18);1H. The number of rotatable bonds is 2. The Morgan fingerprint density at radius 1 is 1.21 bits per heavy atom. The number of hydrogen-bond donors (Lipinski definition) is 3. The second-order valence-electron chi connectivity index (χ2n) is 3.40. The van der Waals surface area contributed by atoms with Gasteiger partial charge in [-0.3, -0.25) is 0 Å². The lowest BCUT2D eigenvalue weighted by atomic mass is 10.1. The summed E-state index contributed by atoms with van der Waals surface area (Å²) in [6.07, 6.45) is -4.35. The van der Waals surface area contributed by atoms with Crippen molar-refractivity contribution in [3.63, 3.8) is 0 Å². The Morgan fingerprint density at radius 3 is 2.16 bits per heavy atom. The van der Waals surface area contributed by atoms with Gasteiger partial charge in [0.1, 0.15) is 0 Å². The summed E-state index contributed by atoms with van der Waals surface area (Å²) in [6.45, 7) is 1.61. The fourth-order valence-corrected chi connectivity index (χ4v) is 1.13. The Labute approximate surface area is 114 Å². The lowest BCUT2D eigenvalue weighted by Gasteiger charge is -2.07. The highest BCUT2D eigenvalue weighted by molar-refractivity contribution is 5.99. The first-order valence-electron chi connectivity index (χ1n) is 4.86. The van der Waals surface area contributed by atoms with E-state index in [1.54, 1.807) is 6.92 Å². The molecule has 0 aliphatic rings. The van der Waals surface area contributed by atoms with Crippen molar-refractivity contribution in [2.45, 2.75) is 13.1 Å². The Bertz CT molecular complexity index is 467. The largest absolute Gasteiger partial charge is 0.416 e. The van der Waals surface area contributed by atoms with Crippen LogP contribution in [-0.2, 0) is 6.18 Å². The van der Waals surface area contributed by atoms with E-state index in [0.717, 1.165) is 12.1 Å². The van der Waals surface area contributed by atoms with Crippen molar-refractivity contribution >= 4 is 24.1 Å². The van der Waals surface area contributed by atoms with Gasteiger partial charge in [-0.15, -0.1) is 17.5 Å². The Hall–Kier alpha value is -1.96. The van der Waals surface area contributed by atoms with Crippen LogP contribution in [0.15, 0.2) is 34.5 Å². The van der Waals surface area contributed by atoms with E-state index in [1.165, 1.54) is 12.1 Å². The second kappa shape index (κ2) is 6.83. The first-order valence-corrected chi connectivity index (χ1v) is 4.86. The summed E-state index contributed by atoms with van der Waals surface area (Å²) in [6, 6.07) is 4.60. The highest BCUT2D eigenvalue weighted by atomic mass is 35.5. The minimum absolute atomic E-state index is 0. The number of hydrogen-bond acceptors (Lipinski definition) is 3. The van der Waals surface area contributed by atoms with Crippen LogP contribution in [0.4, 0.5) is 13.2 Å². The normalized spacial score (nSPS) is 12.8. The number of alkyl halides is 3. The fourth-order valence-electron chi connectivity index (χ4n) is 1.13. The van der Waals surface area contributed by atoms with Crippen molar-refractivity contribution in [1.29, 1.82) is 0 Å². The molecule has 106 valence electrons. The maximum absolute atomic E-state index is 12.3. The molecule has 0 aliphatic carbocycles. The van der Waals surface area contributed by atoms with Crippen LogP contribution in [0.2, 0.25) is 0 Å². The Kier molecular flexibility index (Phi) is 6.13. The van der Waals surface area contributed by atoms with Crippen molar-refractivity contribution in [3.05, 3.63) is 35.4 Å². The zero-order valence-electron chi connectivity index (χ0n) is 9.90. The van der Waals surface area contributed by atoms with Crippen LogP contribution in [0, 0.1) is 0 Å². The SMILES string of the molecule is CC(=NNC(N)=NN)c1ccc(C(F)(F)F)cc1.Cl. The molecular formula is C10H13ClF3N5. The summed E-state index contributed by atoms with van der Waals surface area (Å²) in [4.78, 5) is 0. The van der Waals surface area contributed by atoms with Gasteiger partial charge in [-0.2, -0.15) is 18.3 Å². The zero-order chi connectivity index (χ0) is 13.8. The van der Waals surface area contributed by atoms with E-state index in [0.29, 0.717) is 11.3 Å². The molecule has 0 bridgehead atoms. The fraction of sp³-hybridized carbons (Fsp3) is 0.200. The molecule has 0 heterocycles. The van der Waals surface area contributed by atoms with Crippen molar-refractivity contribution < 1.29 is 13.2 Å². The molecule has 0 radical (unpaired) electrons. The van der Waals surface area contributed by atoms with Crippen LogP contribution in [0.25, 0.3) is 0 Å². The molecule has 5 N–H and O–H groups in total. The third-order valence-electron chi connectivity index (χ3n) is 2.11. The molecule has 0 saturated carbocycles. The minimum Gasteiger partial charge on any atom is -0.367 e. The number of nitrogens with zero attached hydrogens (tertiary/aromatic N) is 2. The van der Waals surface area contributed by atoms with Gasteiger partial charge in [-0.05, 0) is 24.6 Å². The van der Waals surface area contributed by atoms with Crippen LogP contribution in [0.5, 0.6) is 0 Å². The summed E-state index contributed by atoms with van der Waals surface area (Å²) >= 11 is 0. The number of guanidine groups is 1. The molecule has 0 amide bonds. The van der Waals surface area contributed by atoms with Gasteiger partial charge in [0.2, 0.25) is 5.96 Å². The topological polar surface area (TPSA) is 88.8 Å². The smallest absolute Gasteiger partial charge is 0.367 e. The van der Waals surface area contributed by atoms with E-state index >= 15 is 0 Å². The maximum Gasteiger partial charge on any atom is 0.416 e. The lowest BCUT2D eigenvalue weighted by molar-refractivity contribution is -0.137. The van der Waals surface area contributed by atoms with Gasteiger partial charge < -0.3 is 11.6 Å². The molecular weight excluding hydrogens is 283 g/mol. The first-order chi connectivity index (χ1) is 8.34. The highest BCUT2D eigenvalue weighted by Crippen LogP contribution is 2.29. The number of nitrogens with one attached hydrogen (secondary N) is 1. The second-order valence-corrected chi connectivity index (χ2v) is 3.40. The molecule has 19 heavy (non-hydrogen) atoms. The maximum atomic E-state index is 12.3. The van der Waals surface area contributed by atoms with Crippen LogP contribution >= 0.6 is 12.4 Å². The lowest BCUT2D eigenvalue weighted by Crippen LogP contribution is -2.29. The van der Waals surface area contributed by atoms with Gasteiger partial charge >= 0.3 is 6.18 Å². The summed E-state index contributed by atoms with van der Waals surface area (Å²) in [5.41, 5.74) is 7.85. The predicted molar refractivity (Wildman–Crippen MR) is 69.8 cm³/mol. The number of hydrazone groups is 2. The molecule has 0 atom stereocenters. The van der Waals surface area contributed by atoms with E-state index in [2.05, 4.69) is 15.6 Å². The molecule has 0 spiro atoms. The average Bonchev–Trinajstić information content (AvgIpc) is 2.34. The Balaban J connectivity index is 0.00000324. The molecule has 0 aromatic heterocycles. The summed E-state index contributed by atoms with van der Waals surface area (Å²) in [5, 5.41) is 6.93. The van der Waals surface area contributed by atoms with Crippen molar-refractivity contribution in [3.8, 4) is 0 Å². The van der Waals surface area contributed by atoms with Crippen molar-refractivity contribution in [2.24, 2.45) is 21.8 Å². The molecule has 1 aromatic rings. The van der Waals surface area contributed by atoms with E-state index in [-0.39, 0.29) is 18.4 Å². The summed E-state index contributed by atoms with van der Waals surface area (Å²) in [5.74, 6) is 4.77. The van der Waals surface area contributed by atoms with Gasteiger partial charge in [-0.1, -0.05) is 12.1 Å². The average molecular weight is 296 g/mol. The molecule has 0 aliphatic heterocycles. The first kappa shape index (κ1) is 17.0. The van der Waals surface area contributed by atoms with E-state index < -0.39 is 11.7 Å². The van der Waals surface area contributed by atoms with E-state index in [9.17, 15) is 13.2 Å². The van der Waals surface area contributed by atoms with Crippen LogP contribution in [-0.4, -0.2) is 11.7 Å². The van der Waals surface area contributed by atoms with Gasteiger partial charge in [-0.25, -0.2) is 5.43 Å². The third kappa shape index (κ3) is 5.04. The number of halogens is 4. The quantitative estimate of drug-likeness (QED) is 0.335.